The topological polar surface area (TPSA) is 50.2 Å². The largest absolute Gasteiger partial charge is 0.388 e. The second-order valence-corrected chi connectivity index (χ2v) is 4.65. The number of aliphatic hydroxyl groups is 1. The van der Waals surface area contributed by atoms with Gasteiger partial charge in [-0.1, -0.05) is 43.3 Å². The van der Waals surface area contributed by atoms with Crippen molar-refractivity contribution >= 4 is 5.78 Å². The summed E-state index contributed by atoms with van der Waals surface area (Å²) >= 11 is 0. The molecule has 0 fully saturated rings. The molecule has 19 heavy (non-hydrogen) atoms. The van der Waals surface area contributed by atoms with Crippen molar-refractivity contribution in [1.29, 1.82) is 0 Å². The van der Waals surface area contributed by atoms with Crippen LogP contribution in [0.3, 0.4) is 0 Å². The second kappa shape index (κ2) is 6.25. The summed E-state index contributed by atoms with van der Waals surface area (Å²) in [4.78, 5) is 15.3. The molecule has 3 nitrogen and oxygen atoms in total. The van der Waals surface area contributed by atoms with Gasteiger partial charge >= 0.3 is 0 Å². The third-order valence-corrected chi connectivity index (χ3v) is 3.16. The van der Waals surface area contributed by atoms with Gasteiger partial charge in [-0.15, -0.1) is 0 Å². The number of ketones is 1. The summed E-state index contributed by atoms with van der Waals surface area (Å²) < 4.78 is 0. The fourth-order valence-electron chi connectivity index (χ4n) is 2.04. The average Bonchev–Trinajstić information content (AvgIpc) is 2.48. The van der Waals surface area contributed by atoms with Crippen LogP contribution >= 0.6 is 0 Å². The van der Waals surface area contributed by atoms with Crippen molar-refractivity contribution in [3.05, 3.63) is 65.5 Å². The van der Waals surface area contributed by atoms with E-state index in [1.807, 2.05) is 24.3 Å². The van der Waals surface area contributed by atoms with Gasteiger partial charge < -0.3 is 5.11 Å². The molecule has 0 unspecified atom stereocenters. The smallest absolute Gasteiger partial charge is 0.206 e. The van der Waals surface area contributed by atoms with Crippen LogP contribution in [0.5, 0.6) is 0 Å². The van der Waals surface area contributed by atoms with E-state index in [0.29, 0.717) is 11.6 Å². The van der Waals surface area contributed by atoms with E-state index in [1.165, 1.54) is 5.56 Å². The molecule has 3 heteroatoms. The number of nitrogens with zero attached hydrogens (tertiary/aromatic N) is 1. The summed E-state index contributed by atoms with van der Waals surface area (Å²) in [5.41, 5.74) is 2.70. The highest BCUT2D eigenvalue weighted by Crippen LogP contribution is 2.19. The lowest BCUT2D eigenvalue weighted by Crippen LogP contribution is -2.07. The number of hydrogen-bond donors (Lipinski definition) is 1. The molecule has 98 valence electrons. The Balaban J connectivity index is 2.06. The first-order valence-corrected chi connectivity index (χ1v) is 6.34. The summed E-state index contributed by atoms with van der Waals surface area (Å²) in [6.45, 7) is 1.68. The van der Waals surface area contributed by atoms with E-state index in [2.05, 4.69) is 24.0 Å². The fourth-order valence-corrected chi connectivity index (χ4v) is 2.04. The molecular formula is C16H17NO2. The first kappa shape index (κ1) is 13.4. The Hall–Kier alpha value is -2.00. The van der Waals surface area contributed by atoms with E-state index in [-0.39, 0.29) is 5.78 Å². The Bertz CT molecular complexity index is 534. The minimum Gasteiger partial charge on any atom is -0.388 e. The van der Waals surface area contributed by atoms with Crippen LogP contribution < -0.4 is 0 Å². The number of Topliss-reactive ketones (excluding diaryl/α,β-unsaturated/α-hetero) is 1. The molecule has 2 aromatic rings. The zero-order valence-corrected chi connectivity index (χ0v) is 10.9. The summed E-state index contributed by atoms with van der Waals surface area (Å²) in [6, 6.07) is 13.9. The molecule has 0 amide bonds. The molecule has 2 rings (SSSR count). The molecule has 0 spiro atoms. The average molecular weight is 255 g/mol. The zero-order valence-electron chi connectivity index (χ0n) is 10.9. The first-order valence-electron chi connectivity index (χ1n) is 6.34. The molecule has 1 N–H and O–H groups in total. The van der Waals surface area contributed by atoms with E-state index in [4.69, 9.17) is 5.11 Å². The Labute approximate surface area is 112 Å². The van der Waals surface area contributed by atoms with Gasteiger partial charge in [0.1, 0.15) is 12.3 Å². The minimum absolute atomic E-state index is 0.318. The first-order chi connectivity index (χ1) is 9.20. The zero-order chi connectivity index (χ0) is 13.7. The van der Waals surface area contributed by atoms with Crippen molar-refractivity contribution in [3.8, 4) is 0 Å². The number of carbonyl (C=O) groups excluding carboxylic acids is 1. The van der Waals surface area contributed by atoms with Crippen LogP contribution in [0.2, 0.25) is 0 Å². The van der Waals surface area contributed by atoms with Crippen molar-refractivity contribution in [3.63, 3.8) is 0 Å². The standard InChI is InChI=1S/C16H17NO2/c1-12(14-5-3-2-4-6-14)9-13-7-8-15(17-10-13)16(19)11-18/h2-8,10,12,18H,9,11H2,1H3/t12-/m1/s1. The van der Waals surface area contributed by atoms with E-state index in [9.17, 15) is 4.79 Å². The number of aromatic nitrogens is 1. The number of rotatable bonds is 5. The Kier molecular flexibility index (Phi) is 4.42. The van der Waals surface area contributed by atoms with Gasteiger partial charge in [-0.3, -0.25) is 9.78 Å². The molecule has 0 aliphatic rings. The Morgan fingerprint density at radius 1 is 1.21 bits per heavy atom. The van der Waals surface area contributed by atoms with E-state index < -0.39 is 6.61 Å². The van der Waals surface area contributed by atoms with Crippen molar-refractivity contribution in [1.82, 2.24) is 4.98 Å². The monoisotopic (exact) mass is 255 g/mol. The van der Waals surface area contributed by atoms with Crippen molar-refractivity contribution in [2.75, 3.05) is 6.61 Å². The minimum atomic E-state index is -0.493. The highest BCUT2D eigenvalue weighted by atomic mass is 16.3. The predicted octanol–water partition coefficient (Wildman–Crippen LogP) is 2.60. The van der Waals surface area contributed by atoms with Crippen molar-refractivity contribution in [2.45, 2.75) is 19.3 Å². The van der Waals surface area contributed by atoms with Crippen molar-refractivity contribution < 1.29 is 9.90 Å². The van der Waals surface area contributed by atoms with Crippen LogP contribution in [-0.2, 0) is 6.42 Å². The molecule has 1 heterocycles. The van der Waals surface area contributed by atoms with E-state index in [0.717, 1.165) is 12.0 Å². The second-order valence-electron chi connectivity index (χ2n) is 4.65. The van der Waals surface area contributed by atoms with Gasteiger partial charge in [0, 0.05) is 6.20 Å². The van der Waals surface area contributed by atoms with E-state index >= 15 is 0 Å². The maximum Gasteiger partial charge on any atom is 0.206 e. The van der Waals surface area contributed by atoms with Gasteiger partial charge in [-0.05, 0) is 29.5 Å². The van der Waals surface area contributed by atoms with Crippen LogP contribution in [0.25, 0.3) is 0 Å². The van der Waals surface area contributed by atoms with Gasteiger partial charge in [0.25, 0.3) is 0 Å². The quantitative estimate of drug-likeness (QED) is 0.835. The molecule has 1 aromatic heterocycles. The highest BCUT2D eigenvalue weighted by molar-refractivity contribution is 5.94. The molecule has 1 atom stereocenters. The third-order valence-electron chi connectivity index (χ3n) is 3.16. The number of hydrogen-bond acceptors (Lipinski definition) is 3. The molecule has 0 aliphatic carbocycles. The summed E-state index contributed by atoms with van der Waals surface area (Å²) in [5, 5.41) is 8.76. The van der Waals surface area contributed by atoms with E-state index in [1.54, 1.807) is 12.3 Å². The van der Waals surface area contributed by atoms with Crippen LogP contribution in [0.1, 0.15) is 34.5 Å². The SMILES string of the molecule is C[C@H](Cc1ccc(C(=O)CO)nc1)c1ccccc1. The summed E-state index contributed by atoms with van der Waals surface area (Å²) in [5.74, 6) is 0.0602. The highest BCUT2D eigenvalue weighted by Gasteiger charge is 2.08. The number of aliphatic hydroxyl groups excluding tert-OH is 1. The van der Waals surface area contributed by atoms with Crippen LogP contribution in [-0.4, -0.2) is 22.5 Å². The maximum absolute atomic E-state index is 11.3. The maximum atomic E-state index is 11.3. The van der Waals surface area contributed by atoms with Crippen LogP contribution in [0.15, 0.2) is 48.7 Å². The number of benzene rings is 1. The lowest BCUT2D eigenvalue weighted by atomic mass is 9.94. The molecule has 0 saturated carbocycles. The summed E-state index contributed by atoms with van der Waals surface area (Å²) in [7, 11) is 0. The van der Waals surface area contributed by atoms with Crippen LogP contribution in [0, 0.1) is 0 Å². The third kappa shape index (κ3) is 3.48. The Morgan fingerprint density at radius 2 is 1.95 bits per heavy atom. The van der Waals surface area contributed by atoms with Gasteiger partial charge in [0.15, 0.2) is 0 Å². The molecule has 0 bridgehead atoms. The lowest BCUT2D eigenvalue weighted by Gasteiger charge is -2.11. The van der Waals surface area contributed by atoms with Gasteiger partial charge in [0.2, 0.25) is 5.78 Å². The van der Waals surface area contributed by atoms with Gasteiger partial charge in [-0.2, -0.15) is 0 Å². The molecule has 0 radical (unpaired) electrons. The number of pyridine rings is 1. The Morgan fingerprint density at radius 3 is 2.53 bits per heavy atom. The fraction of sp³-hybridized carbons (Fsp3) is 0.250. The lowest BCUT2D eigenvalue weighted by molar-refractivity contribution is 0.0898. The van der Waals surface area contributed by atoms with Crippen molar-refractivity contribution in [2.24, 2.45) is 0 Å². The predicted molar refractivity (Wildman–Crippen MR) is 74.2 cm³/mol. The summed E-state index contributed by atoms with van der Waals surface area (Å²) in [6.07, 6.45) is 2.59. The molecule has 0 aliphatic heterocycles. The normalized spacial score (nSPS) is 12.1. The van der Waals surface area contributed by atoms with Crippen LogP contribution in [0.4, 0.5) is 0 Å². The molecule has 1 aromatic carbocycles. The molecular weight excluding hydrogens is 238 g/mol. The van der Waals surface area contributed by atoms with Gasteiger partial charge in [-0.25, -0.2) is 0 Å². The number of carbonyl (C=O) groups is 1. The molecule has 0 saturated heterocycles. The van der Waals surface area contributed by atoms with Gasteiger partial charge in [0.05, 0.1) is 0 Å².